The minimum absolute atomic E-state index is 0.800. The van der Waals surface area contributed by atoms with E-state index in [0.717, 1.165) is 5.92 Å². The fraction of sp³-hybridized carbons (Fsp3) is 0.667. The molecule has 0 nitrogen and oxygen atoms in total. The Hall–Kier alpha value is -0.0900. The molecule has 1 heterocycles. The maximum absolute atomic E-state index is 2.36. The molecule has 0 spiro atoms. The molecule has 0 aromatic rings. The quantitative estimate of drug-likeness (QED) is 0.415. The van der Waals surface area contributed by atoms with Crippen LogP contribution in [0, 0.1) is 5.92 Å². The van der Waals surface area contributed by atoms with Gasteiger partial charge in [0, 0.05) is 0 Å². The van der Waals surface area contributed by atoms with Gasteiger partial charge in [-0.1, -0.05) is 57.5 Å². The van der Waals surface area contributed by atoms with Crippen molar-refractivity contribution in [3.05, 3.63) is 23.3 Å². The Morgan fingerprint density at radius 1 is 1.31 bits per heavy atom. The third kappa shape index (κ3) is 4.09. The molecule has 0 saturated heterocycles. The van der Waals surface area contributed by atoms with E-state index in [1.165, 1.54) is 40.7 Å². The Balaban J connectivity index is 2.07. The Kier molecular flexibility index (Phi) is 5.39. The van der Waals surface area contributed by atoms with Crippen LogP contribution < -0.4 is 0 Å². The highest BCUT2D eigenvalue weighted by molar-refractivity contribution is 7.47. The SMILES string of the molecule is CCCCCCC(C)C1=CC=C[P]1. The molecular formula is C12H20P. The molecule has 0 aromatic heterocycles. The van der Waals surface area contributed by atoms with E-state index in [9.17, 15) is 0 Å². The van der Waals surface area contributed by atoms with Gasteiger partial charge in [0.15, 0.2) is 0 Å². The highest BCUT2D eigenvalue weighted by Gasteiger charge is 2.09. The van der Waals surface area contributed by atoms with Crippen LogP contribution in [-0.2, 0) is 0 Å². The lowest BCUT2D eigenvalue weighted by Crippen LogP contribution is -1.94. The van der Waals surface area contributed by atoms with Crippen LogP contribution in [0.5, 0.6) is 0 Å². The molecule has 0 N–H and O–H groups in total. The molecule has 1 aliphatic heterocycles. The second-order valence-electron chi connectivity index (χ2n) is 3.81. The van der Waals surface area contributed by atoms with Gasteiger partial charge in [0.2, 0.25) is 0 Å². The third-order valence-corrected chi connectivity index (χ3v) is 3.78. The summed E-state index contributed by atoms with van der Waals surface area (Å²) in [4.78, 5) is 0. The van der Waals surface area contributed by atoms with Gasteiger partial charge in [-0.3, -0.25) is 0 Å². The highest BCUT2D eigenvalue weighted by atomic mass is 31.1. The summed E-state index contributed by atoms with van der Waals surface area (Å²) in [6.45, 7) is 4.63. The lowest BCUT2D eigenvalue weighted by Gasteiger charge is -2.11. The van der Waals surface area contributed by atoms with Gasteiger partial charge in [-0.15, -0.1) is 0 Å². The first-order valence-electron chi connectivity index (χ1n) is 5.42. The predicted molar refractivity (Wildman–Crippen MR) is 62.1 cm³/mol. The second kappa shape index (κ2) is 6.38. The molecule has 0 saturated carbocycles. The van der Waals surface area contributed by atoms with E-state index in [4.69, 9.17) is 0 Å². The molecular weight excluding hydrogens is 175 g/mol. The maximum Gasteiger partial charge on any atom is -0.0179 e. The molecule has 0 amide bonds. The average molecular weight is 195 g/mol. The lowest BCUT2D eigenvalue weighted by atomic mass is 10.0. The van der Waals surface area contributed by atoms with Crippen LogP contribution in [0.4, 0.5) is 0 Å². The van der Waals surface area contributed by atoms with E-state index < -0.39 is 0 Å². The minimum Gasteiger partial charge on any atom is -0.0654 e. The molecule has 1 atom stereocenters. The van der Waals surface area contributed by atoms with Crippen LogP contribution in [0.1, 0.15) is 46.0 Å². The standard InChI is InChI=1S/C12H20P/c1-3-4-5-6-8-11(2)12-9-7-10-13-12/h7,9-11H,3-6,8H2,1-2H3. The molecule has 73 valence electrons. The Bertz CT molecular complexity index is 191. The van der Waals surface area contributed by atoms with Crippen molar-refractivity contribution in [2.45, 2.75) is 46.0 Å². The Labute approximate surface area is 84.3 Å². The monoisotopic (exact) mass is 195 g/mol. The van der Waals surface area contributed by atoms with Crippen LogP contribution in [0.3, 0.4) is 0 Å². The third-order valence-electron chi connectivity index (χ3n) is 2.57. The van der Waals surface area contributed by atoms with Gasteiger partial charge in [-0.2, -0.15) is 0 Å². The van der Waals surface area contributed by atoms with E-state index in [1.54, 1.807) is 5.31 Å². The van der Waals surface area contributed by atoms with Crippen molar-refractivity contribution in [1.82, 2.24) is 0 Å². The van der Waals surface area contributed by atoms with Gasteiger partial charge in [0.05, 0.1) is 0 Å². The van der Waals surface area contributed by atoms with Gasteiger partial charge >= 0.3 is 0 Å². The van der Waals surface area contributed by atoms with Crippen molar-refractivity contribution in [1.29, 1.82) is 0 Å². The van der Waals surface area contributed by atoms with Crippen molar-refractivity contribution in [2.24, 2.45) is 5.92 Å². The molecule has 13 heavy (non-hydrogen) atoms. The first-order valence-corrected chi connectivity index (χ1v) is 6.38. The van der Waals surface area contributed by atoms with E-state index in [-0.39, 0.29) is 0 Å². The fourth-order valence-electron chi connectivity index (χ4n) is 1.63. The largest absolute Gasteiger partial charge is 0.0654 e. The Morgan fingerprint density at radius 3 is 2.77 bits per heavy atom. The van der Waals surface area contributed by atoms with Gasteiger partial charge < -0.3 is 0 Å². The number of allylic oxidation sites excluding steroid dienone is 3. The van der Waals surface area contributed by atoms with E-state index in [1.807, 2.05) is 0 Å². The van der Waals surface area contributed by atoms with Crippen molar-refractivity contribution in [3.8, 4) is 0 Å². The van der Waals surface area contributed by atoms with E-state index >= 15 is 0 Å². The maximum atomic E-state index is 2.36. The molecule has 0 fully saturated rings. The first kappa shape index (κ1) is 11.0. The minimum atomic E-state index is 0.800. The number of hydrogen-bond donors (Lipinski definition) is 0. The molecule has 0 aliphatic carbocycles. The molecule has 0 bridgehead atoms. The first-order chi connectivity index (χ1) is 6.34. The topological polar surface area (TPSA) is 0 Å². The summed E-state index contributed by atoms with van der Waals surface area (Å²) >= 11 is 0. The fourth-order valence-corrected chi connectivity index (χ4v) is 2.53. The van der Waals surface area contributed by atoms with Gasteiger partial charge in [-0.05, 0) is 26.2 Å². The van der Waals surface area contributed by atoms with Crippen LogP contribution in [0.25, 0.3) is 0 Å². The van der Waals surface area contributed by atoms with Gasteiger partial charge in [0.1, 0.15) is 0 Å². The summed E-state index contributed by atoms with van der Waals surface area (Å²) in [6.07, 6.45) is 11.4. The van der Waals surface area contributed by atoms with E-state index in [2.05, 4.69) is 31.8 Å². The van der Waals surface area contributed by atoms with Gasteiger partial charge in [0.25, 0.3) is 0 Å². The van der Waals surface area contributed by atoms with Crippen LogP contribution in [0.15, 0.2) is 23.3 Å². The van der Waals surface area contributed by atoms with E-state index in [0.29, 0.717) is 0 Å². The number of hydrogen-bond acceptors (Lipinski definition) is 0. The molecule has 0 aromatic carbocycles. The van der Waals surface area contributed by atoms with Crippen LogP contribution in [0.2, 0.25) is 0 Å². The highest BCUT2D eigenvalue weighted by Crippen LogP contribution is 2.37. The summed E-state index contributed by atoms with van der Waals surface area (Å²) in [5, 5.41) is 1.61. The summed E-state index contributed by atoms with van der Waals surface area (Å²) in [5.41, 5.74) is 0. The molecule has 1 heteroatoms. The zero-order chi connectivity index (χ0) is 9.52. The average Bonchev–Trinajstić information content (AvgIpc) is 2.65. The smallest absolute Gasteiger partial charge is 0.0179 e. The van der Waals surface area contributed by atoms with Gasteiger partial charge in [-0.25, -0.2) is 0 Å². The number of unbranched alkanes of at least 4 members (excludes halogenated alkanes) is 3. The van der Waals surface area contributed by atoms with Crippen LogP contribution in [-0.4, -0.2) is 0 Å². The van der Waals surface area contributed by atoms with Crippen LogP contribution >= 0.6 is 8.58 Å². The predicted octanol–water partition coefficient (Wildman–Crippen LogP) is 4.95. The van der Waals surface area contributed by atoms with Crippen molar-refractivity contribution >= 4 is 8.58 Å². The summed E-state index contributed by atoms with van der Waals surface area (Å²) in [7, 11) is 1.43. The second-order valence-corrected chi connectivity index (χ2v) is 4.89. The molecule has 1 aliphatic rings. The molecule has 1 rings (SSSR count). The zero-order valence-electron chi connectivity index (χ0n) is 8.79. The number of rotatable bonds is 6. The lowest BCUT2D eigenvalue weighted by molar-refractivity contribution is 0.556. The summed E-state index contributed by atoms with van der Waals surface area (Å²) in [5.74, 6) is 3.03. The Morgan fingerprint density at radius 2 is 2.15 bits per heavy atom. The van der Waals surface area contributed by atoms with Crippen molar-refractivity contribution < 1.29 is 0 Å². The molecule has 1 radical (unpaired) electrons. The van der Waals surface area contributed by atoms with Crippen molar-refractivity contribution in [2.75, 3.05) is 0 Å². The molecule has 1 unspecified atom stereocenters. The summed E-state index contributed by atoms with van der Waals surface area (Å²) in [6, 6.07) is 0. The summed E-state index contributed by atoms with van der Waals surface area (Å²) < 4.78 is 0. The van der Waals surface area contributed by atoms with Crippen molar-refractivity contribution in [3.63, 3.8) is 0 Å². The normalized spacial score (nSPS) is 19.4. The zero-order valence-corrected chi connectivity index (χ0v) is 9.69.